The molecule has 0 nitrogen and oxygen atoms in total. The normalized spacial score (nSPS) is 49.6. The number of hydrogen-bond donors (Lipinski definition) is 0. The van der Waals surface area contributed by atoms with Gasteiger partial charge in [-0.25, -0.2) is 0 Å². The molecule has 0 amide bonds. The molecule has 0 spiro atoms. The molecule has 1 unspecified atom stereocenters. The van der Waals surface area contributed by atoms with E-state index in [0.29, 0.717) is 0 Å². The van der Waals surface area contributed by atoms with Crippen molar-refractivity contribution in [3.63, 3.8) is 0 Å². The van der Waals surface area contributed by atoms with Crippen LogP contribution in [0.15, 0.2) is 0 Å². The fourth-order valence-electron chi connectivity index (χ4n) is 2.76. The maximum absolute atomic E-state index is 2.96. The van der Waals surface area contributed by atoms with E-state index in [2.05, 4.69) is 16.2 Å². The van der Waals surface area contributed by atoms with Crippen molar-refractivity contribution in [1.82, 2.24) is 0 Å². The van der Waals surface area contributed by atoms with Crippen molar-refractivity contribution in [2.24, 2.45) is 10.8 Å². The van der Waals surface area contributed by atoms with Crippen LogP contribution in [0.5, 0.6) is 0 Å². The highest BCUT2D eigenvalue weighted by Gasteiger charge is 2.44. The Bertz CT molecular complexity index is 138. The van der Waals surface area contributed by atoms with Gasteiger partial charge in [-0.1, -0.05) is 6.92 Å². The number of rotatable bonds is 1. The SMILES string of the molecule is CC12CCC(CP)(CC1)CC2. The first-order chi connectivity index (χ1) is 5.18. The first-order valence-corrected chi connectivity index (χ1v) is 5.70. The van der Waals surface area contributed by atoms with Gasteiger partial charge in [0.2, 0.25) is 0 Å². The zero-order valence-electron chi connectivity index (χ0n) is 7.53. The summed E-state index contributed by atoms with van der Waals surface area (Å²) in [4.78, 5) is 0. The van der Waals surface area contributed by atoms with E-state index in [-0.39, 0.29) is 0 Å². The van der Waals surface area contributed by atoms with Crippen LogP contribution in [0.25, 0.3) is 0 Å². The molecule has 0 heterocycles. The zero-order chi connectivity index (χ0) is 7.95. The lowest BCUT2D eigenvalue weighted by Crippen LogP contribution is -2.40. The molecule has 0 aromatic rings. The van der Waals surface area contributed by atoms with Gasteiger partial charge in [0, 0.05) is 0 Å². The standard InChI is InChI=1S/C10H19P/c1-9-2-5-10(8-11,6-3-9)7-4-9/h2-8,11H2,1H3. The van der Waals surface area contributed by atoms with Crippen LogP contribution in [-0.2, 0) is 0 Å². The topological polar surface area (TPSA) is 0 Å². The molecule has 0 radical (unpaired) electrons. The van der Waals surface area contributed by atoms with Crippen LogP contribution in [0.1, 0.15) is 45.4 Å². The van der Waals surface area contributed by atoms with Gasteiger partial charge in [-0.3, -0.25) is 0 Å². The van der Waals surface area contributed by atoms with Crippen LogP contribution >= 0.6 is 9.24 Å². The van der Waals surface area contributed by atoms with Crippen molar-refractivity contribution in [1.29, 1.82) is 0 Å². The molecule has 0 aromatic carbocycles. The van der Waals surface area contributed by atoms with Gasteiger partial charge in [0.05, 0.1) is 0 Å². The fourth-order valence-corrected chi connectivity index (χ4v) is 3.37. The summed E-state index contributed by atoms with van der Waals surface area (Å²) in [5, 5.41) is 0. The Labute approximate surface area is 72.3 Å². The molecule has 11 heavy (non-hydrogen) atoms. The van der Waals surface area contributed by atoms with Crippen molar-refractivity contribution in [3.05, 3.63) is 0 Å². The minimum absolute atomic E-state index is 0.752. The van der Waals surface area contributed by atoms with Gasteiger partial charge < -0.3 is 0 Å². The maximum Gasteiger partial charge on any atom is -0.0262 e. The van der Waals surface area contributed by atoms with Crippen LogP contribution in [0.2, 0.25) is 0 Å². The molecule has 0 saturated heterocycles. The Kier molecular flexibility index (Phi) is 1.80. The maximum atomic E-state index is 2.96. The molecule has 2 bridgehead atoms. The molecular formula is C10H19P. The highest BCUT2D eigenvalue weighted by molar-refractivity contribution is 7.16. The molecule has 0 aliphatic heterocycles. The summed E-state index contributed by atoms with van der Waals surface area (Å²) in [6.07, 6.45) is 10.4. The predicted molar refractivity (Wildman–Crippen MR) is 52.8 cm³/mol. The lowest BCUT2D eigenvalue weighted by Gasteiger charge is -2.52. The van der Waals surface area contributed by atoms with E-state index in [9.17, 15) is 0 Å². The van der Waals surface area contributed by atoms with Crippen LogP contribution in [0.3, 0.4) is 0 Å². The van der Waals surface area contributed by atoms with Crippen LogP contribution in [0.4, 0.5) is 0 Å². The highest BCUT2D eigenvalue weighted by Crippen LogP contribution is 2.57. The summed E-state index contributed by atoms with van der Waals surface area (Å²) in [6.45, 7) is 2.49. The molecule has 3 rings (SSSR count). The van der Waals surface area contributed by atoms with E-state index >= 15 is 0 Å². The average Bonchev–Trinajstić information content (AvgIpc) is 2.07. The third-order valence-corrected chi connectivity index (χ3v) is 5.08. The minimum Gasteiger partial charge on any atom is -0.137 e. The lowest BCUT2D eigenvalue weighted by molar-refractivity contribution is 0.0197. The summed E-state index contributed by atoms with van der Waals surface area (Å²) >= 11 is 0. The average molecular weight is 170 g/mol. The van der Waals surface area contributed by atoms with Gasteiger partial charge in [0.15, 0.2) is 0 Å². The first-order valence-electron chi connectivity index (χ1n) is 4.88. The van der Waals surface area contributed by atoms with E-state index in [4.69, 9.17) is 0 Å². The number of hydrogen-bond acceptors (Lipinski definition) is 0. The van der Waals surface area contributed by atoms with Crippen molar-refractivity contribution < 1.29 is 0 Å². The van der Waals surface area contributed by atoms with E-state index in [1.165, 1.54) is 44.7 Å². The summed E-state index contributed by atoms with van der Waals surface area (Å²) in [5.41, 5.74) is 1.52. The van der Waals surface area contributed by atoms with Crippen molar-refractivity contribution >= 4 is 9.24 Å². The van der Waals surface area contributed by atoms with Gasteiger partial charge in [0.1, 0.15) is 0 Å². The smallest absolute Gasteiger partial charge is 0.0262 e. The predicted octanol–water partition coefficient (Wildman–Crippen LogP) is 3.22. The lowest BCUT2D eigenvalue weighted by atomic mass is 9.55. The largest absolute Gasteiger partial charge is 0.137 e. The Balaban J connectivity index is 2.12. The molecule has 0 aromatic heterocycles. The molecular weight excluding hydrogens is 151 g/mol. The molecule has 3 fully saturated rings. The molecule has 3 saturated carbocycles. The molecule has 0 N–H and O–H groups in total. The molecule has 1 heteroatoms. The van der Waals surface area contributed by atoms with E-state index in [1.54, 1.807) is 0 Å². The van der Waals surface area contributed by atoms with Gasteiger partial charge in [-0.05, 0) is 55.5 Å². The van der Waals surface area contributed by atoms with Crippen LogP contribution in [0, 0.1) is 10.8 Å². The monoisotopic (exact) mass is 170 g/mol. The Morgan fingerprint density at radius 1 is 1.00 bits per heavy atom. The Morgan fingerprint density at radius 3 is 1.82 bits per heavy atom. The second kappa shape index (κ2) is 2.46. The van der Waals surface area contributed by atoms with Crippen LogP contribution in [-0.4, -0.2) is 6.16 Å². The summed E-state index contributed by atoms with van der Waals surface area (Å²) in [5.74, 6) is 0. The highest BCUT2D eigenvalue weighted by atomic mass is 31.0. The summed E-state index contributed by atoms with van der Waals surface area (Å²) in [7, 11) is 2.96. The van der Waals surface area contributed by atoms with E-state index in [0.717, 1.165) is 10.8 Å². The molecule has 3 aliphatic carbocycles. The van der Waals surface area contributed by atoms with E-state index < -0.39 is 0 Å². The fraction of sp³-hybridized carbons (Fsp3) is 1.00. The third-order valence-electron chi connectivity index (χ3n) is 4.21. The van der Waals surface area contributed by atoms with E-state index in [1.807, 2.05) is 0 Å². The van der Waals surface area contributed by atoms with Gasteiger partial charge >= 0.3 is 0 Å². The van der Waals surface area contributed by atoms with Crippen molar-refractivity contribution in [2.75, 3.05) is 6.16 Å². The van der Waals surface area contributed by atoms with Gasteiger partial charge in [0.25, 0.3) is 0 Å². The second-order valence-corrected chi connectivity index (χ2v) is 5.42. The van der Waals surface area contributed by atoms with Gasteiger partial charge in [-0.15, -0.1) is 9.24 Å². The van der Waals surface area contributed by atoms with Crippen molar-refractivity contribution in [2.45, 2.75) is 45.4 Å². The molecule has 64 valence electrons. The Hall–Kier alpha value is 0.430. The zero-order valence-corrected chi connectivity index (χ0v) is 8.68. The quantitative estimate of drug-likeness (QED) is 0.530. The third kappa shape index (κ3) is 1.24. The summed E-state index contributed by atoms with van der Waals surface area (Å²) < 4.78 is 0. The first kappa shape index (κ1) is 8.05. The molecule has 1 atom stereocenters. The van der Waals surface area contributed by atoms with Crippen LogP contribution < -0.4 is 0 Å². The van der Waals surface area contributed by atoms with Gasteiger partial charge in [-0.2, -0.15) is 0 Å². The minimum atomic E-state index is 0.752. The number of fused-ring (bicyclic) bond motifs is 3. The summed E-state index contributed by atoms with van der Waals surface area (Å²) in [6, 6.07) is 0. The second-order valence-electron chi connectivity index (χ2n) is 5.01. The Morgan fingerprint density at radius 2 is 1.45 bits per heavy atom. The molecule has 3 aliphatic rings. The van der Waals surface area contributed by atoms with Crippen molar-refractivity contribution in [3.8, 4) is 0 Å².